The number of halogens is 5. The van der Waals surface area contributed by atoms with Crippen LogP contribution in [0.3, 0.4) is 0 Å². The first-order valence-corrected chi connectivity index (χ1v) is 4.09. The van der Waals surface area contributed by atoms with E-state index in [0.717, 1.165) is 7.11 Å². The van der Waals surface area contributed by atoms with Gasteiger partial charge < -0.3 is 9.84 Å². The molecule has 0 amide bonds. The van der Waals surface area contributed by atoms with E-state index in [1.165, 1.54) is 0 Å². The molecule has 0 saturated heterocycles. The summed E-state index contributed by atoms with van der Waals surface area (Å²) in [4.78, 5) is 10.5. The highest BCUT2D eigenvalue weighted by Crippen LogP contribution is 2.29. The fourth-order valence-electron chi connectivity index (χ4n) is 1.19. The Morgan fingerprint density at radius 3 is 1.65 bits per heavy atom. The van der Waals surface area contributed by atoms with Gasteiger partial charge in [0.15, 0.2) is 29.4 Å². The molecule has 0 heterocycles. The molecule has 17 heavy (non-hydrogen) atoms. The van der Waals surface area contributed by atoms with Crippen LogP contribution >= 0.6 is 0 Å². The maximum Gasteiger partial charge on any atom is 0.337 e. The first-order chi connectivity index (χ1) is 7.82. The third kappa shape index (κ3) is 2.07. The maximum absolute atomic E-state index is 13.1. The van der Waals surface area contributed by atoms with Gasteiger partial charge in [-0.25, -0.2) is 26.7 Å². The van der Waals surface area contributed by atoms with Crippen LogP contribution in [0.4, 0.5) is 22.0 Å². The number of rotatable bonds is 3. The van der Waals surface area contributed by atoms with Gasteiger partial charge >= 0.3 is 5.97 Å². The molecular weight excluding hydrogens is 251 g/mol. The SMILES string of the molecule is CO[C@@H](C(=O)O)c1c(F)c(F)c(F)c(F)c1F. The Morgan fingerprint density at radius 2 is 1.35 bits per heavy atom. The van der Waals surface area contributed by atoms with Gasteiger partial charge in [0.25, 0.3) is 0 Å². The number of hydrogen-bond donors (Lipinski definition) is 1. The largest absolute Gasteiger partial charge is 0.479 e. The number of methoxy groups -OCH3 is 1. The van der Waals surface area contributed by atoms with Crippen LogP contribution in [0.1, 0.15) is 11.7 Å². The van der Waals surface area contributed by atoms with E-state index in [-0.39, 0.29) is 0 Å². The molecular formula is C9H5F5O3. The minimum Gasteiger partial charge on any atom is -0.479 e. The molecule has 1 aromatic carbocycles. The Morgan fingerprint density at radius 1 is 1.00 bits per heavy atom. The second-order valence-corrected chi connectivity index (χ2v) is 2.94. The zero-order chi connectivity index (χ0) is 13.3. The molecule has 1 atom stereocenters. The number of carbonyl (C=O) groups is 1. The lowest BCUT2D eigenvalue weighted by atomic mass is 10.1. The van der Waals surface area contributed by atoms with E-state index in [9.17, 15) is 26.7 Å². The van der Waals surface area contributed by atoms with E-state index in [1.807, 2.05) is 0 Å². The fraction of sp³-hybridized carbons (Fsp3) is 0.222. The van der Waals surface area contributed by atoms with Crippen LogP contribution in [0.25, 0.3) is 0 Å². The van der Waals surface area contributed by atoms with Crippen LogP contribution in [0.5, 0.6) is 0 Å². The van der Waals surface area contributed by atoms with Gasteiger partial charge in [0.1, 0.15) is 0 Å². The first-order valence-electron chi connectivity index (χ1n) is 4.09. The molecule has 94 valence electrons. The van der Waals surface area contributed by atoms with E-state index in [2.05, 4.69) is 4.74 Å². The zero-order valence-corrected chi connectivity index (χ0v) is 8.23. The summed E-state index contributed by atoms with van der Waals surface area (Å²) < 4.78 is 68.6. The standard InChI is InChI=1S/C9H5F5O3/c1-17-8(9(15)16)2-3(10)5(12)7(14)6(13)4(2)11/h8H,1H3,(H,15,16)/t8-/m1/s1. The Balaban J connectivity index is 3.58. The molecule has 0 fully saturated rings. The molecule has 0 aliphatic carbocycles. The van der Waals surface area contributed by atoms with Crippen molar-refractivity contribution in [2.75, 3.05) is 7.11 Å². The van der Waals surface area contributed by atoms with Crippen molar-refractivity contribution in [3.63, 3.8) is 0 Å². The van der Waals surface area contributed by atoms with Crippen molar-refractivity contribution in [3.8, 4) is 0 Å². The fourth-order valence-corrected chi connectivity index (χ4v) is 1.19. The van der Waals surface area contributed by atoms with Gasteiger partial charge in [-0.1, -0.05) is 0 Å². The number of ether oxygens (including phenoxy) is 1. The van der Waals surface area contributed by atoms with E-state index >= 15 is 0 Å². The molecule has 1 rings (SSSR count). The van der Waals surface area contributed by atoms with E-state index < -0.39 is 46.7 Å². The van der Waals surface area contributed by atoms with Crippen molar-refractivity contribution in [1.82, 2.24) is 0 Å². The van der Waals surface area contributed by atoms with Crippen molar-refractivity contribution in [2.24, 2.45) is 0 Å². The second kappa shape index (κ2) is 4.66. The van der Waals surface area contributed by atoms with Crippen LogP contribution < -0.4 is 0 Å². The predicted molar refractivity (Wildman–Crippen MR) is 43.6 cm³/mol. The summed E-state index contributed by atoms with van der Waals surface area (Å²) >= 11 is 0. The summed E-state index contributed by atoms with van der Waals surface area (Å²) in [6.07, 6.45) is -2.28. The highest BCUT2D eigenvalue weighted by atomic mass is 19.2. The molecule has 0 radical (unpaired) electrons. The average molecular weight is 256 g/mol. The number of aliphatic carboxylic acids is 1. The van der Waals surface area contributed by atoms with Crippen molar-refractivity contribution in [3.05, 3.63) is 34.6 Å². The van der Waals surface area contributed by atoms with Crippen molar-refractivity contribution in [2.45, 2.75) is 6.10 Å². The third-order valence-electron chi connectivity index (χ3n) is 1.97. The molecule has 0 aliphatic rings. The smallest absolute Gasteiger partial charge is 0.337 e. The van der Waals surface area contributed by atoms with Crippen LogP contribution in [-0.2, 0) is 9.53 Å². The van der Waals surface area contributed by atoms with Gasteiger partial charge in [-0.3, -0.25) is 0 Å². The minimum absolute atomic E-state index is 0.761. The molecule has 0 unspecified atom stereocenters. The van der Waals surface area contributed by atoms with Gasteiger partial charge in [-0.05, 0) is 0 Å². The molecule has 8 heteroatoms. The third-order valence-corrected chi connectivity index (χ3v) is 1.97. The average Bonchev–Trinajstić information content (AvgIpc) is 2.29. The summed E-state index contributed by atoms with van der Waals surface area (Å²) in [5, 5.41) is 8.53. The minimum atomic E-state index is -2.36. The van der Waals surface area contributed by atoms with Gasteiger partial charge in [0.05, 0.1) is 5.56 Å². The number of carboxylic acid groups (broad SMARTS) is 1. The normalized spacial score (nSPS) is 12.6. The van der Waals surface area contributed by atoms with Crippen LogP contribution in [0, 0.1) is 29.1 Å². The Labute approximate surface area is 91.4 Å². The van der Waals surface area contributed by atoms with Crippen molar-refractivity contribution < 1.29 is 36.6 Å². The topological polar surface area (TPSA) is 46.5 Å². The Kier molecular flexibility index (Phi) is 3.66. The summed E-state index contributed by atoms with van der Waals surface area (Å²) in [6, 6.07) is 0. The highest BCUT2D eigenvalue weighted by molar-refractivity contribution is 5.74. The van der Waals surface area contributed by atoms with Crippen LogP contribution in [0.2, 0.25) is 0 Å². The molecule has 1 aromatic rings. The Bertz CT molecular complexity index is 445. The predicted octanol–water partition coefficient (Wildman–Crippen LogP) is 2.15. The molecule has 0 aromatic heterocycles. The van der Waals surface area contributed by atoms with Crippen molar-refractivity contribution in [1.29, 1.82) is 0 Å². The lowest BCUT2D eigenvalue weighted by molar-refractivity contribution is -0.149. The molecule has 3 nitrogen and oxygen atoms in total. The lowest BCUT2D eigenvalue weighted by Gasteiger charge is -2.13. The molecule has 1 N–H and O–H groups in total. The van der Waals surface area contributed by atoms with Gasteiger partial charge in [-0.2, -0.15) is 0 Å². The zero-order valence-electron chi connectivity index (χ0n) is 8.23. The second-order valence-electron chi connectivity index (χ2n) is 2.94. The molecule has 0 saturated carbocycles. The first kappa shape index (κ1) is 13.4. The summed E-state index contributed by atoms with van der Waals surface area (Å²) in [7, 11) is 0.761. The van der Waals surface area contributed by atoms with Gasteiger partial charge in [0, 0.05) is 7.11 Å². The molecule has 0 aliphatic heterocycles. The number of benzene rings is 1. The summed E-state index contributed by atoms with van der Waals surface area (Å²) in [5.41, 5.74) is -1.53. The van der Waals surface area contributed by atoms with E-state index in [0.29, 0.717) is 0 Å². The molecule has 0 spiro atoms. The van der Waals surface area contributed by atoms with E-state index in [1.54, 1.807) is 0 Å². The lowest BCUT2D eigenvalue weighted by Crippen LogP contribution is -2.19. The van der Waals surface area contributed by atoms with Crippen LogP contribution in [-0.4, -0.2) is 18.2 Å². The van der Waals surface area contributed by atoms with Crippen molar-refractivity contribution >= 4 is 5.97 Å². The summed E-state index contributed by atoms with van der Waals surface area (Å²) in [5.74, 6) is -13.1. The van der Waals surface area contributed by atoms with Crippen LogP contribution in [0.15, 0.2) is 0 Å². The Hall–Kier alpha value is -1.70. The number of carboxylic acids is 1. The maximum atomic E-state index is 13.1. The quantitative estimate of drug-likeness (QED) is 0.512. The van der Waals surface area contributed by atoms with Gasteiger partial charge in [-0.15, -0.1) is 0 Å². The monoisotopic (exact) mass is 256 g/mol. The number of hydrogen-bond acceptors (Lipinski definition) is 2. The molecule has 0 bridgehead atoms. The highest BCUT2D eigenvalue weighted by Gasteiger charge is 2.33. The summed E-state index contributed by atoms with van der Waals surface area (Å²) in [6.45, 7) is 0. The van der Waals surface area contributed by atoms with E-state index in [4.69, 9.17) is 5.11 Å². The van der Waals surface area contributed by atoms with Gasteiger partial charge in [0.2, 0.25) is 5.82 Å².